The molecule has 1 aromatic heterocycles. The second-order valence-electron chi connectivity index (χ2n) is 6.66. The van der Waals surface area contributed by atoms with Crippen molar-refractivity contribution in [1.29, 1.82) is 0 Å². The first kappa shape index (κ1) is 19.0. The third kappa shape index (κ3) is 3.54. The Morgan fingerprint density at radius 2 is 1.79 bits per heavy atom. The lowest BCUT2D eigenvalue weighted by Crippen LogP contribution is -2.30. The second-order valence-corrected chi connectivity index (χ2v) is 7.61. The van der Waals surface area contributed by atoms with Crippen molar-refractivity contribution >= 4 is 23.0 Å². The molecule has 1 aliphatic heterocycles. The highest BCUT2D eigenvalue weighted by atomic mass is 32.1. The number of carbonyl (C=O) groups is 2. The fraction of sp³-hybridized carbons (Fsp3) is 0.130. The van der Waals surface area contributed by atoms with E-state index in [1.54, 1.807) is 24.6 Å². The van der Waals surface area contributed by atoms with Gasteiger partial charge in [-0.25, -0.2) is 0 Å². The van der Waals surface area contributed by atoms with Gasteiger partial charge in [0.2, 0.25) is 5.78 Å². The molecule has 3 aromatic rings. The number of nitrogens with zero attached hydrogens (tertiary/aromatic N) is 1. The number of hydrogen-bond acceptors (Lipinski definition) is 5. The van der Waals surface area contributed by atoms with Gasteiger partial charge in [0.25, 0.3) is 5.91 Å². The van der Waals surface area contributed by atoms with Gasteiger partial charge in [0.1, 0.15) is 5.75 Å². The summed E-state index contributed by atoms with van der Waals surface area (Å²) in [5, 5.41) is 12.4. The van der Waals surface area contributed by atoms with Crippen LogP contribution in [0, 0.1) is 0 Å². The van der Waals surface area contributed by atoms with E-state index in [2.05, 4.69) is 0 Å². The number of thiophene rings is 1. The van der Waals surface area contributed by atoms with Crippen LogP contribution >= 0.6 is 11.3 Å². The highest BCUT2D eigenvalue weighted by Crippen LogP contribution is 2.40. The first-order valence-electron chi connectivity index (χ1n) is 9.10. The highest BCUT2D eigenvalue weighted by Gasteiger charge is 2.43. The molecule has 29 heavy (non-hydrogen) atoms. The lowest BCUT2D eigenvalue weighted by molar-refractivity contribution is -0.130. The third-order valence-electron chi connectivity index (χ3n) is 4.92. The number of rotatable bonds is 6. The Balaban J connectivity index is 1.74. The van der Waals surface area contributed by atoms with Gasteiger partial charge < -0.3 is 14.7 Å². The van der Waals surface area contributed by atoms with E-state index < -0.39 is 17.7 Å². The van der Waals surface area contributed by atoms with Crippen LogP contribution in [-0.4, -0.2) is 28.8 Å². The van der Waals surface area contributed by atoms with E-state index in [0.717, 1.165) is 16.9 Å². The normalized spacial score (nSPS) is 16.4. The summed E-state index contributed by atoms with van der Waals surface area (Å²) in [5.41, 5.74) is 1.77. The largest absolute Gasteiger partial charge is 0.503 e. The Bertz CT molecular complexity index is 1060. The molecule has 0 radical (unpaired) electrons. The Kier molecular flexibility index (Phi) is 5.18. The van der Waals surface area contributed by atoms with E-state index in [4.69, 9.17) is 4.74 Å². The molecule has 0 spiro atoms. The Morgan fingerprint density at radius 1 is 1.07 bits per heavy atom. The zero-order valence-corrected chi connectivity index (χ0v) is 16.6. The minimum Gasteiger partial charge on any atom is -0.503 e. The Hall–Kier alpha value is -3.38. The van der Waals surface area contributed by atoms with E-state index in [0.29, 0.717) is 4.88 Å². The van der Waals surface area contributed by atoms with Crippen molar-refractivity contribution < 1.29 is 19.4 Å². The number of methoxy groups -OCH3 is 1. The number of aliphatic hydroxyl groups excluding tert-OH is 1. The molecule has 0 saturated heterocycles. The molecular formula is C23H19NO4S. The molecule has 1 aliphatic rings. The van der Waals surface area contributed by atoms with Gasteiger partial charge in [0, 0.05) is 6.54 Å². The molecule has 0 bridgehead atoms. The van der Waals surface area contributed by atoms with Gasteiger partial charge in [0.05, 0.1) is 23.6 Å². The van der Waals surface area contributed by atoms with Crippen LogP contribution < -0.4 is 4.74 Å². The first-order valence-corrected chi connectivity index (χ1v) is 9.98. The number of carbonyl (C=O) groups excluding carboxylic acids is 2. The number of ketones is 1. The fourth-order valence-electron chi connectivity index (χ4n) is 3.50. The van der Waals surface area contributed by atoms with Gasteiger partial charge in [-0.1, -0.05) is 48.5 Å². The number of hydrogen-bond donors (Lipinski definition) is 1. The lowest BCUT2D eigenvalue weighted by atomic mass is 9.95. The molecular weight excluding hydrogens is 386 g/mol. The van der Waals surface area contributed by atoms with Gasteiger partial charge in [-0.3, -0.25) is 9.59 Å². The molecule has 6 heteroatoms. The van der Waals surface area contributed by atoms with Crippen LogP contribution in [0.25, 0.3) is 0 Å². The molecule has 5 nitrogen and oxygen atoms in total. The van der Waals surface area contributed by atoms with Crippen molar-refractivity contribution in [2.45, 2.75) is 12.6 Å². The maximum atomic E-state index is 13.1. The summed E-state index contributed by atoms with van der Waals surface area (Å²) in [7, 11) is 1.59. The monoisotopic (exact) mass is 405 g/mol. The van der Waals surface area contributed by atoms with Crippen molar-refractivity contribution in [3.05, 3.63) is 99.4 Å². The molecule has 2 heterocycles. The summed E-state index contributed by atoms with van der Waals surface area (Å²) in [4.78, 5) is 28.1. The lowest BCUT2D eigenvalue weighted by Gasteiger charge is -2.27. The standard InChI is InChI=1S/C23H19NO4S/c1-28-17-11-9-15(10-12-17)14-24-20(16-6-3-2-4-7-16)19(22(26)23(24)27)21(25)18-8-5-13-29-18/h2-13,20,26H,14H2,1H3. The molecule has 0 fully saturated rings. The van der Waals surface area contributed by atoms with Gasteiger partial charge >= 0.3 is 0 Å². The minimum atomic E-state index is -0.652. The highest BCUT2D eigenvalue weighted by molar-refractivity contribution is 7.12. The van der Waals surface area contributed by atoms with E-state index in [-0.39, 0.29) is 17.9 Å². The van der Waals surface area contributed by atoms with Crippen LogP contribution in [0.3, 0.4) is 0 Å². The van der Waals surface area contributed by atoms with Crippen molar-refractivity contribution in [2.75, 3.05) is 7.11 Å². The molecule has 1 amide bonds. The summed E-state index contributed by atoms with van der Waals surface area (Å²) in [6.07, 6.45) is 0. The average Bonchev–Trinajstić information content (AvgIpc) is 3.38. The topological polar surface area (TPSA) is 66.8 Å². The van der Waals surface area contributed by atoms with Crippen molar-refractivity contribution in [2.24, 2.45) is 0 Å². The summed E-state index contributed by atoms with van der Waals surface area (Å²) in [6.45, 7) is 0.258. The molecule has 1 N–H and O–H groups in total. The first-order chi connectivity index (χ1) is 14.1. The van der Waals surface area contributed by atoms with E-state index >= 15 is 0 Å². The number of Topliss-reactive ketones (excluding diaryl/α,β-unsaturated/α-hetero) is 1. The Labute approximate surface area is 172 Å². The number of ether oxygens (including phenoxy) is 1. The van der Waals surface area contributed by atoms with Crippen LogP contribution in [0.15, 0.2) is 83.4 Å². The van der Waals surface area contributed by atoms with E-state index in [1.807, 2.05) is 54.6 Å². The maximum Gasteiger partial charge on any atom is 0.290 e. The van der Waals surface area contributed by atoms with Crippen molar-refractivity contribution in [3.63, 3.8) is 0 Å². The van der Waals surface area contributed by atoms with E-state index in [1.165, 1.54) is 16.2 Å². The number of aliphatic hydroxyl groups is 1. The SMILES string of the molecule is COc1ccc(CN2C(=O)C(O)=C(C(=O)c3cccs3)C2c2ccccc2)cc1. The smallest absolute Gasteiger partial charge is 0.290 e. The number of benzene rings is 2. The van der Waals surface area contributed by atoms with E-state index in [9.17, 15) is 14.7 Å². The van der Waals surface area contributed by atoms with Crippen LogP contribution in [0.5, 0.6) is 5.75 Å². The predicted octanol–water partition coefficient (Wildman–Crippen LogP) is 4.54. The fourth-order valence-corrected chi connectivity index (χ4v) is 4.18. The molecule has 1 atom stereocenters. The molecule has 2 aromatic carbocycles. The van der Waals surface area contributed by atoms with Gasteiger partial charge in [-0.2, -0.15) is 0 Å². The average molecular weight is 405 g/mol. The van der Waals surface area contributed by atoms with Gasteiger partial charge in [-0.15, -0.1) is 11.3 Å². The summed E-state index contributed by atoms with van der Waals surface area (Å²) >= 11 is 1.29. The Morgan fingerprint density at radius 3 is 2.41 bits per heavy atom. The zero-order valence-electron chi connectivity index (χ0n) is 15.7. The predicted molar refractivity (Wildman–Crippen MR) is 111 cm³/mol. The summed E-state index contributed by atoms with van der Waals surface area (Å²) in [5.74, 6) is -0.632. The van der Waals surface area contributed by atoms with Crippen molar-refractivity contribution in [1.82, 2.24) is 4.90 Å². The van der Waals surface area contributed by atoms with Crippen LogP contribution in [-0.2, 0) is 11.3 Å². The van der Waals surface area contributed by atoms with Gasteiger partial charge in [-0.05, 0) is 34.7 Å². The summed E-state index contributed by atoms with van der Waals surface area (Å²) in [6, 6.07) is 19.5. The van der Waals surface area contributed by atoms with Gasteiger partial charge in [0.15, 0.2) is 5.76 Å². The minimum absolute atomic E-state index is 0.122. The van der Waals surface area contributed by atoms with Crippen LogP contribution in [0.1, 0.15) is 26.8 Å². The maximum absolute atomic E-state index is 13.1. The molecule has 0 aliphatic carbocycles. The molecule has 4 rings (SSSR count). The second kappa shape index (κ2) is 7.93. The van der Waals surface area contributed by atoms with Crippen LogP contribution in [0.2, 0.25) is 0 Å². The van der Waals surface area contributed by atoms with Crippen LogP contribution in [0.4, 0.5) is 0 Å². The van der Waals surface area contributed by atoms with Crippen molar-refractivity contribution in [3.8, 4) is 5.75 Å². The third-order valence-corrected chi connectivity index (χ3v) is 5.79. The quantitative estimate of drug-likeness (QED) is 0.612. The molecule has 146 valence electrons. The summed E-state index contributed by atoms with van der Waals surface area (Å²) < 4.78 is 5.19. The number of amides is 1. The molecule has 1 unspecified atom stereocenters. The molecule has 0 saturated carbocycles. The zero-order chi connectivity index (χ0) is 20.4.